The summed E-state index contributed by atoms with van der Waals surface area (Å²) < 4.78 is 4.10. The van der Waals surface area contributed by atoms with Crippen molar-refractivity contribution in [3.8, 4) is 11.3 Å². The van der Waals surface area contributed by atoms with Gasteiger partial charge in [0.15, 0.2) is 5.65 Å². The first-order valence-electron chi connectivity index (χ1n) is 8.37. The van der Waals surface area contributed by atoms with Crippen LogP contribution >= 0.6 is 12.4 Å². The summed E-state index contributed by atoms with van der Waals surface area (Å²) in [7, 11) is 0. The molecule has 7 heteroatoms. The van der Waals surface area contributed by atoms with E-state index in [0.717, 1.165) is 41.0 Å². The Morgan fingerprint density at radius 2 is 2.12 bits per heavy atom. The van der Waals surface area contributed by atoms with Crippen molar-refractivity contribution >= 4 is 29.1 Å². The smallest absolute Gasteiger partial charge is 0.160 e. The molecule has 0 bridgehead atoms. The van der Waals surface area contributed by atoms with Crippen molar-refractivity contribution in [1.29, 1.82) is 0 Å². The van der Waals surface area contributed by atoms with Gasteiger partial charge in [-0.1, -0.05) is 6.07 Å². The van der Waals surface area contributed by atoms with Crippen LogP contribution in [0.1, 0.15) is 18.9 Å². The van der Waals surface area contributed by atoms with Gasteiger partial charge in [0, 0.05) is 24.3 Å². The molecule has 5 rings (SSSR count). The van der Waals surface area contributed by atoms with Crippen LogP contribution in [0.2, 0.25) is 0 Å². The van der Waals surface area contributed by atoms with E-state index in [1.807, 2.05) is 41.4 Å². The van der Waals surface area contributed by atoms with Crippen molar-refractivity contribution in [2.24, 2.45) is 0 Å². The van der Waals surface area contributed by atoms with Crippen LogP contribution in [0.25, 0.3) is 27.9 Å². The molecule has 6 nitrogen and oxygen atoms in total. The van der Waals surface area contributed by atoms with E-state index in [0.29, 0.717) is 6.04 Å². The molecule has 1 fully saturated rings. The van der Waals surface area contributed by atoms with Crippen LogP contribution in [0, 0.1) is 0 Å². The average molecular weight is 355 g/mol. The summed E-state index contributed by atoms with van der Waals surface area (Å²) in [4.78, 5) is 9.45. The second-order valence-corrected chi connectivity index (χ2v) is 6.28. The van der Waals surface area contributed by atoms with Crippen LogP contribution in [0.4, 0.5) is 0 Å². The predicted molar refractivity (Wildman–Crippen MR) is 100 cm³/mol. The highest BCUT2D eigenvalue weighted by atomic mass is 35.5. The summed E-state index contributed by atoms with van der Waals surface area (Å²) in [5, 5.41) is 7.88. The third-order valence-corrected chi connectivity index (χ3v) is 4.79. The van der Waals surface area contributed by atoms with Gasteiger partial charge in [0.2, 0.25) is 0 Å². The number of imidazole rings is 1. The summed E-state index contributed by atoms with van der Waals surface area (Å²) >= 11 is 0. The molecular weight excluding hydrogens is 336 g/mol. The molecule has 128 valence electrons. The zero-order valence-electron chi connectivity index (χ0n) is 13.7. The van der Waals surface area contributed by atoms with Crippen LogP contribution in [-0.4, -0.2) is 37.2 Å². The number of nitrogens with zero attached hydrogens (tertiary/aromatic N) is 5. The minimum Gasteiger partial charge on any atom is -0.315 e. The van der Waals surface area contributed by atoms with E-state index in [2.05, 4.69) is 32.1 Å². The molecule has 25 heavy (non-hydrogen) atoms. The maximum Gasteiger partial charge on any atom is 0.160 e. The highest BCUT2D eigenvalue weighted by Gasteiger charge is 2.18. The summed E-state index contributed by atoms with van der Waals surface area (Å²) in [6.07, 6.45) is 8.12. The van der Waals surface area contributed by atoms with E-state index in [1.165, 1.54) is 12.8 Å². The van der Waals surface area contributed by atoms with E-state index in [9.17, 15) is 0 Å². The lowest BCUT2D eigenvalue weighted by atomic mass is 10.1. The Morgan fingerprint density at radius 1 is 1.16 bits per heavy atom. The maximum atomic E-state index is 4.92. The third-order valence-electron chi connectivity index (χ3n) is 4.79. The second-order valence-electron chi connectivity index (χ2n) is 6.28. The Morgan fingerprint density at radius 3 is 3.00 bits per heavy atom. The molecule has 0 radical (unpaired) electrons. The van der Waals surface area contributed by atoms with Gasteiger partial charge in [-0.15, -0.1) is 12.4 Å². The second kappa shape index (κ2) is 6.46. The Balaban J connectivity index is 0.00000157. The van der Waals surface area contributed by atoms with E-state index in [-0.39, 0.29) is 12.4 Å². The average Bonchev–Trinajstić information content (AvgIpc) is 3.26. The molecule has 4 aromatic heterocycles. The Kier molecular flexibility index (Phi) is 4.15. The van der Waals surface area contributed by atoms with Crippen LogP contribution in [0.5, 0.6) is 0 Å². The minimum atomic E-state index is 0. The Hall–Kier alpha value is -2.44. The third kappa shape index (κ3) is 2.67. The van der Waals surface area contributed by atoms with E-state index >= 15 is 0 Å². The van der Waals surface area contributed by atoms with Gasteiger partial charge in [0.1, 0.15) is 5.52 Å². The molecule has 1 saturated heterocycles. The standard InChI is InChI=1S/C18H18N6.ClH/c1-2-9-24-17(5-1)14(11-21-24)15-6-7-16-18(22-15)23(12-20-16)13-4-3-8-19-10-13;/h1-2,5-7,9,11-13,19H,3-4,8,10H2;1H/t13-;/m0./s1. The number of hydrogen-bond acceptors (Lipinski definition) is 4. The summed E-state index contributed by atoms with van der Waals surface area (Å²) in [5.41, 5.74) is 4.95. The molecule has 1 aliphatic heterocycles. The molecule has 0 spiro atoms. The summed E-state index contributed by atoms with van der Waals surface area (Å²) in [6, 6.07) is 10.6. The number of hydrogen-bond donors (Lipinski definition) is 1. The Labute approximate surface area is 151 Å². The molecule has 0 unspecified atom stereocenters. The van der Waals surface area contributed by atoms with Crippen LogP contribution in [0.15, 0.2) is 49.1 Å². The maximum absolute atomic E-state index is 4.92. The van der Waals surface area contributed by atoms with Crippen molar-refractivity contribution < 1.29 is 0 Å². The van der Waals surface area contributed by atoms with E-state index in [1.54, 1.807) is 0 Å². The molecule has 4 aromatic rings. The van der Waals surface area contributed by atoms with Crippen molar-refractivity contribution in [3.63, 3.8) is 0 Å². The quantitative estimate of drug-likeness (QED) is 0.601. The lowest BCUT2D eigenvalue weighted by molar-refractivity contribution is 0.376. The minimum absolute atomic E-state index is 0. The van der Waals surface area contributed by atoms with Gasteiger partial charge in [-0.3, -0.25) is 0 Å². The SMILES string of the molecule is Cl.c1ccn2ncc(-c3ccc4ncn([C@H]5CCCNC5)c4n3)c2c1. The molecule has 0 aliphatic carbocycles. The molecule has 0 aromatic carbocycles. The Bertz CT molecular complexity index is 1010. The highest BCUT2D eigenvalue weighted by Crippen LogP contribution is 2.27. The largest absolute Gasteiger partial charge is 0.315 e. The summed E-state index contributed by atoms with van der Waals surface area (Å²) in [5.74, 6) is 0. The summed E-state index contributed by atoms with van der Waals surface area (Å²) in [6.45, 7) is 2.08. The fourth-order valence-corrected chi connectivity index (χ4v) is 3.53. The van der Waals surface area contributed by atoms with Crippen LogP contribution in [0.3, 0.4) is 0 Å². The molecule has 1 aliphatic rings. The van der Waals surface area contributed by atoms with Gasteiger partial charge in [-0.05, 0) is 43.7 Å². The number of pyridine rings is 2. The number of piperidine rings is 1. The van der Waals surface area contributed by atoms with Crippen molar-refractivity contribution in [1.82, 2.24) is 29.5 Å². The van der Waals surface area contributed by atoms with Gasteiger partial charge in [-0.2, -0.15) is 5.10 Å². The number of aromatic nitrogens is 5. The van der Waals surface area contributed by atoms with Crippen molar-refractivity contribution in [2.45, 2.75) is 18.9 Å². The number of rotatable bonds is 2. The number of nitrogens with one attached hydrogen (secondary N) is 1. The van der Waals surface area contributed by atoms with Crippen LogP contribution < -0.4 is 5.32 Å². The van der Waals surface area contributed by atoms with Crippen molar-refractivity contribution in [2.75, 3.05) is 13.1 Å². The first-order chi connectivity index (χ1) is 11.9. The number of fused-ring (bicyclic) bond motifs is 2. The molecule has 0 saturated carbocycles. The first kappa shape index (κ1) is 16.1. The predicted octanol–water partition coefficient (Wildman–Crippen LogP) is 3.09. The van der Waals surface area contributed by atoms with Gasteiger partial charge in [-0.25, -0.2) is 14.5 Å². The fraction of sp³-hybridized carbons (Fsp3) is 0.278. The highest BCUT2D eigenvalue weighted by molar-refractivity contribution is 5.85. The lowest BCUT2D eigenvalue weighted by Gasteiger charge is -2.24. The molecular formula is C18H19ClN6. The topological polar surface area (TPSA) is 60.0 Å². The normalized spacial score (nSPS) is 17.7. The van der Waals surface area contributed by atoms with Gasteiger partial charge >= 0.3 is 0 Å². The molecule has 0 amide bonds. The van der Waals surface area contributed by atoms with E-state index in [4.69, 9.17) is 4.98 Å². The lowest BCUT2D eigenvalue weighted by Crippen LogP contribution is -2.31. The molecule has 5 heterocycles. The van der Waals surface area contributed by atoms with Gasteiger partial charge in [0.05, 0.1) is 23.7 Å². The van der Waals surface area contributed by atoms with Gasteiger partial charge in [0.25, 0.3) is 0 Å². The first-order valence-corrected chi connectivity index (χ1v) is 8.37. The zero-order valence-corrected chi connectivity index (χ0v) is 14.5. The molecule has 1 N–H and O–H groups in total. The van der Waals surface area contributed by atoms with E-state index < -0.39 is 0 Å². The molecule has 1 atom stereocenters. The monoisotopic (exact) mass is 354 g/mol. The zero-order chi connectivity index (χ0) is 15.9. The fourth-order valence-electron chi connectivity index (χ4n) is 3.53. The number of halogens is 1. The van der Waals surface area contributed by atoms with Gasteiger partial charge < -0.3 is 9.88 Å². The van der Waals surface area contributed by atoms with Crippen LogP contribution in [-0.2, 0) is 0 Å². The van der Waals surface area contributed by atoms with Crippen molar-refractivity contribution in [3.05, 3.63) is 49.1 Å².